The van der Waals surface area contributed by atoms with Gasteiger partial charge in [-0.2, -0.15) is 0 Å². The predicted molar refractivity (Wildman–Crippen MR) is 50.9 cm³/mol. The molecule has 0 radical (unpaired) electrons. The Labute approximate surface area is 80.4 Å². The predicted octanol–water partition coefficient (Wildman–Crippen LogP) is 1.03. The topological polar surface area (TPSA) is 78.3 Å². The molecule has 13 heavy (non-hydrogen) atoms. The monoisotopic (exact) mass is 200 g/mol. The number of nitrogen functional groups attached to an aromatic ring is 1. The van der Waals surface area contributed by atoms with Crippen LogP contribution in [-0.2, 0) is 0 Å². The molecule has 0 saturated carbocycles. The molecule has 1 aromatic rings. The van der Waals surface area contributed by atoms with Crippen molar-refractivity contribution in [1.82, 2.24) is 0 Å². The third-order valence-electron chi connectivity index (χ3n) is 1.54. The van der Waals surface area contributed by atoms with Gasteiger partial charge in [-0.3, -0.25) is 4.79 Å². The van der Waals surface area contributed by atoms with E-state index in [4.69, 9.17) is 27.8 Å². The summed E-state index contributed by atoms with van der Waals surface area (Å²) >= 11 is 5.77. The molecule has 0 unspecified atom stereocenters. The molecule has 0 bridgehead atoms. The fourth-order valence-electron chi connectivity index (χ4n) is 1.00. The maximum atomic E-state index is 10.9. The van der Waals surface area contributed by atoms with Gasteiger partial charge in [-0.1, -0.05) is 11.6 Å². The van der Waals surface area contributed by atoms with Crippen LogP contribution >= 0.6 is 11.6 Å². The van der Waals surface area contributed by atoms with Gasteiger partial charge in [-0.25, -0.2) is 0 Å². The van der Waals surface area contributed by atoms with E-state index in [0.29, 0.717) is 5.69 Å². The van der Waals surface area contributed by atoms with Gasteiger partial charge >= 0.3 is 0 Å². The first-order valence-electron chi connectivity index (χ1n) is 3.49. The van der Waals surface area contributed by atoms with E-state index < -0.39 is 5.91 Å². The zero-order valence-electron chi connectivity index (χ0n) is 7.00. The Morgan fingerprint density at radius 3 is 2.62 bits per heavy atom. The van der Waals surface area contributed by atoms with Gasteiger partial charge in [0.05, 0.1) is 17.7 Å². The Balaban J connectivity index is 3.38. The molecule has 4 N–H and O–H groups in total. The largest absolute Gasteiger partial charge is 0.494 e. The molecule has 0 atom stereocenters. The smallest absolute Gasteiger partial charge is 0.252 e. The Bertz CT molecular complexity index is 352. The van der Waals surface area contributed by atoms with Crippen molar-refractivity contribution in [3.8, 4) is 5.75 Å². The number of methoxy groups -OCH3 is 1. The van der Waals surface area contributed by atoms with Gasteiger partial charge in [0.1, 0.15) is 5.75 Å². The van der Waals surface area contributed by atoms with Crippen LogP contribution in [0.25, 0.3) is 0 Å². The van der Waals surface area contributed by atoms with Crippen molar-refractivity contribution < 1.29 is 9.53 Å². The lowest BCUT2D eigenvalue weighted by Crippen LogP contribution is -2.13. The summed E-state index contributed by atoms with van der Waals surface area (Å²) in [5.41, 5.74) is 11.1. The Hall–Kier alpha value is -1.42. The lowest BCUT2D eigenvalue weighted by molar-refractivity contribution is 0.0997. The first-order valence-corrected chi connectivity index (χ1v) is 3.87. The number of primary amides is 1. The first kappa shape index (κ1) is 9.67. The maximum Gasteiger partial charge on any atom is 0.252 e. The number of nitrogens with two attached hydrogens (primary N) is 2. The molecule has 0 aliphatic rings. The highest BCUT2D eigenvalue weighted by Crippen LogP contribution is 2.30. The van der Waals surface area contributed by atoms with E-state index in [1.54, 1.807) is 0 Å². The summed E-state index contributed by atoms with van der Waals surface area (Å²) in [5.74, 6) is -0.366. The molecule has 1 aromatic carbocycles. The second-order valence-electron chi connectivity index (χ2n) is 2.45. The second kappa shape index (κ2) is 3.53. The van der Waals surface area contributed by atoms with Crippen LogP contribution in [0.3, 0.4) is 0 Å². The Morgan fingerprint density at radius 1 is 1.54 bits per heavy atom. The zero-order valence-corrected chi connectivity index (χ0v) is 7.76. The van der Waals surface area contributed by atoms with Crippen molar-refractivity contribution in [2.24, 2.45) is 5.73 Å². The lowest BCUT2D eigenvalue weighted by Gasteiger charge is -2.08. The van der Waals surface area contributed by atoms with Crippen LogP contribution in [0.5, 0.6) is 5.75 Å². The summed E-state index contributed by atoms with van der Waals surface area (Å²) in [7, 11) is 1.41. The fraction of sp³-hybridized carbons (Fsp3) is 0.125. The van der Waals surface area contributed by atoms with Crippen molar-refractivity contribution >= 4 is 23.2 Å². The van der Waals surface area contributed by atoms with E-state index in [1.807, 2.05) is 0 Å². The average molecular weight is 201 g/mol. The van der Waals surface area contributed by atoms with Crippen molar-refractivity contribution in [3.05, 3.63) is 22.7 Å². The zero-order chi connectivity index (χ0) is 10.0. The third kappa shape index (κ3) is 1.84. The highest BCUT2D eigenvalue weighted by atomic mass is 35.5. The number of halogens is 1. The highest BCUT2D eigenvalue weighted by Gasteiger charge is 2.13. The van der Waals surface area contributed by atoms with Gasteiger partial charge in [0, 0.05) is 5.69 Å². The summed E-state index contributed by atoms with van der Waals surface area (Å²) < 4.78 is 4.90. The molecule has 0 aliphatic heterocycles. The van der Waals surface area contributed by atoms with Crippen molar-refractivity contribution in [3.63, 3.8) is 0 Å². The van der Waals surface area contributed by atoms with Crippen LogP contribution in [0.15, 0.2) is 12.1 Å². The summed E-state index contributed by atoms with van der Waals surface area (Å²) in [6.07, 6.45) is 0. The van der Waals surface area contributed by atoms with Crippen molar-refractivity contribution in [2.75, 3.05) is 12.8 Å². The number of anilines is 1. The molecular formula is C8H9ClN2O2. The van der Waals surface area contributed by atoms with Crippen LogP contribution in [0.4, 0.5) is 5.69 Å². The minimum absolute atomic E-state index is 0.188. The summed E-state index contributed by atoms with van der Waals surface area (Å²) in [4.78, 5) is 10.9. The van der Waals surface area contributed by atoms with E-state index >= 15 is 0 Å². The molecule has 70 valence electrons. The molecule has 1 rings (SSSR count). The number of benzene rings is 1. The Kier molecular flexibility index (Phi) is 2.63. The number of rotatable bonds is 2. The lowest BCUT2D eigenvalue weighted by atomic mass is 10.1. The molecule has 0 fully saturated rings. The van der Waals surface area contributed by atoms with Gasteiger partial charge in [-0.05, 0) is 12.1 Å². The van der Waals surface area contributed by atoms with E-state index in [1.165, 1.54) is 19.2 Å². The van der Waals surface area contributed by atoms with Gasteiger partial charge < -0.3 is 16.2 Å². The van der Waals surface area contributed by atoms with Crippen LogP contribution in [0.1, 0.15) is 10.4 Å². The molecular weight excluding hydrogens is 192 g/mol. The quantitative estimate of drug-likeness (QED) is 0.700. The van der Waals surface area contributed by atoms with Crippen LogP contribution in [-0.4, -0.2) is 13.0 Å². The van der Waals surface area contributed by atoms with E-state index in [2.05, 4.69) is 0 Å². The maximum absolute atomic E-state index is 10.9. The summed E-state index contributed by atoms with van der Waals surface area (Å²) in [5, 5.41) is 0.274. The number of amides is 1. The highest BCUT2D eigenvalue weighted by molar-refractivity contribution is 6.33. The van der Waals surface area contributed by atoms with E-state index in [0.717, 1.165) is 0 Å². The van der Waals surface area contributed by atoms with Crippen molar-refractivity contribution in [1.29, 1.82) is 0 Å². The van der Waals surface area contributed by atoms with Gasteiger partial charge in [0.25, 0.3) is 5.91 Å². The molecule has 0 heterocycles. The average Bonchev–Trinajstić information content (AvgIpc) is 2.02. The SMILES string of the molecule is COc1c(Cl)cc(N)cc1C(N)=O. The van der Waals surface area contributed by atoms with Crippen LogP contribution in [0, 0.1) is 0 Å². The van der Waals surface area contributed by atoms with Gasteiger partial charge in [0.15, 0.2) is 0 Å². The summed E-state index contributed by atoms with van der Waals surface area (Å²) in [6.45, 7) is 0. The summed E-state index contributed by atoms with van der Waals surface area (Å²) in [6, 6.07) is 2.92. The molecule has 5 heteroatoms. The number of ether oxygens (including phenoxy) is 1. The second-order valence-corrected chi connectivity index (χ2v) is 2.85. The molecule has 0 aliphatic carbocycles. The molecule has 0 spiro atoms. The first-order chi connectivity index (χ1) is 6.06. The van der Waals surface area contributed by atoms with Crippen LogP contribution in [0.2, 0.25) is 5.02 Å². The number of hydrogen-bond acceptors (Lipinski definition) is 3. The molecule has 1 amide bonds. The molecule has 0 aromatic heterocycles. The fourth-order valence-corrected chi connectivity index (χ4v) is 1.31. The van der Waals surface area contributed by atoms with Gasteiger partial charge in [0.2, 0.25) is 0 Å². The third-order valence-corrected chi connectivity index (χ3v) is 1.82. The minimum Gasteiger partial charge on any atom is -0.494 e. The molecule has 4 nitrogen and oxygen atoms in total. The number of carbonyl (C=O) groups is 1. The van der Waals surface area contributed by atoms with Crippen molar-refractivity contribution in [2.45, 2.75) is 0 Å². The standard InChI is InChI=1S/C8H9ClN2O2/c1-13-7-5(8(11)12)2-4(10)3-6(7)9/h2-3H,10H2,1H3,(H2,11,12). The van der Waals surface area contributed by atoms with Crippen LogP contribution < -0.4 is 16.2 Å². The molecule has 0 saturated heterocycles. The number of hydrogen-bond donors (Lipinski definition) is 2. The minimum atomic E-state index is -0.619. The van der Waals surface area contributed by atoms with Gasteiger partial charge in [-0.15, -0.1) is 0 Å². The number of carbonyl (C=O) groups excluding carboxylic acids is 1. The van der Waals surface area contributed by atoms with E-state index in [9.17, 15) is 4.79 Å². The Morgan fingerprint density at radius 2 is 2.15 bits per heavy atom. The normalized spacial score (nSPS) is 9.69. The van der Waals surface area contributed by atoms with E-state index in [-0.39, 0.29) is 16.3 Å².